The van der Waals surface area contributed by atoms with E-state index in [0.717, 1.165) is 41.2 Å². The molecule has 0 radical (unpaired) electrons. The zero-order chi connectivity index (χ0) is 22.8. The topological polar surface area (TPSA) is 82.8 Å². The largest absolute Gasteiger partial charge is 0.383 e. The van der Waals surface area contributed by atoms with Crippen LogP contribution < -0.4 is 5.32 Å². The Morgan fingerprint density at radius 3 is 2.74 bits per heavy atom. The lowest BCUT2D eigenvalue weighted by Gasteiger charge is -2.24. The first-order valence-corrected chi connectivity index (χ1v) is 11.3. The summed E-state index contributed by atoms with van der Waals surface area (Å²) in [6.07, 6.45) is 6.81. The zero-order valence-electron chi connectivity index (χ0n) is 20.1. The molecule has 6 nitrogen and oxygen atoms in total. The van der Waals surface area contributed by atoms with E-state index in [1.165, 1.54) is 5.56 Å². The van der Waals surface area contributed by atoms with E-state index in [9.17, 15) is 4.79 Å². The van der Waals surface area contributed by atoms with Gasteiger partial charge in [0.2, 0.25) is 5.91 Å². The van der Waals surface area contributed by atoms with Crippen LogP contribution in [0.1, 0.15) is 63.6 Å². The molecule has 0 aliphatic heterocycles. The normalized spacial score (nSPS) is 17.1. The second kappa shape index (κ2) is 9.43. The van der Waals surface area contributed by atoms with Crippen LogP contribution >= 0.6 is 0 Å². The van der Waals surface area contributed by atoms with Crippen LogP contribution in [0.5, 0.6) is 0 Å². The van der Waals surface area contributed by atoms with Crippen LogP contribution in [0.15, 0.2) is 12.1 Å². The second-order valence-corrected chi connectivity index (χ2v) is 10.3. The summed E-state index contributed by atoms with van der Waals surface area (Å²) in [6, 6.07) is 2.17. The summed E-state index contributed by atoms with van der Waals surface area (Å²) < 4.78 is 5.27. The van der Waals surface area contributed by atoms with Crippen LogP contribution in [-0.2, 0) is 22.4 Å². The van der Waals surface area contributed by atoms with Gasteiger partial charge in [-0.15, -0.1) is 0 Å². The predicted octanol–water partition coefficient (Wildman–Crippen LogP) is 4.66. The molecule has 2 aromatic heterocycles. The fourth-order valence-corrected chi connectivity index (χ4v) is 4.00. The average molecular weight is 427 g/mol. The van der Waals surface area contributed by atoms with Crippen molar-refractivity contribution >= 4 is 12.0 Å². The van der Waals surface area contributed by atoms with E-state index in [1.807, 2.05) is 6.08 Å². The number of nitrogens with one attached hydrogen (secondary N) is 3. The fourth-order valence-electron chi connectivity index (χ4n) is 4.00. The molecule has 2 aromatic rings. The first-order chi connectivity index (χ1) is 14.6. The zero-order valence-corrected chi connectivity index (χ0v) is 20.1. The van der Waals surface area contributed by atoms with Crippen molar-refractivity contribution in [3.63, 3.8) is 0 Å². The van der Waals surface area contributed by atoms with Crippen molar-refractivity contribution in [3.8, 4) is 11.4 Å². The number of aromatic nitrogens is 3. The third-order valence-electron chi connectivity index (χ3n) is 6.14. The number of rotatable bonds is 8. The highest BCUT2D eigenvalue weighted by molar-refractivity contribution is 5.83. The smallest absolute Gasteiger partial charge is 0.227 e. The van der Waals surface area contributed by atoms with Crippen LogP contribution in [0.4, 0.5) is 0 Å². The molecule has 3 rings (SSSR count). The molecule has 0 saturated carbocycles. The molecule has 6 heteroatoms. The standard InChI is InChI=1S/C25H38N4O2/c1-15(2)22(14-31-7)27-24(30)18-9-8-17-12-21(26-20(17)13-18)23-19(16(3)28-29-23)10-11-25(4,5)6/h8-9,12,15,18,22,26H,10-11,13-14H2,1-7H3,(H,27,30)(H,28,29). The lowest BCUT2D eigenvalue weighted by atomic mass is 9.88. The molecule has 2 atom stereocenters. The van der Waals surface area contributed by atoms with Crippen molar-refractivity contribution in [1.82, 2.24) is 20.5 Å². The van der Waals surface area contributed by atoms with E-state index in [-0.39, 0.29) is 23.3 Å². The predicted molar refractivity (Wildman–Crippen MR) is 126 cm³/mol. The van der Waals surface area contributed by atoms with Crippen LogP contribution in [0.2, 0.25) is 0 Å². The van der Waals surface area contributed by atoms with Gasteiger partial charge in [0.25, 0.3) is 0 Å². The lowest BCUT2D eigenvalue weighted by molar-refractivity contribution is -0.125. The quantitative estimate of drug-likeness (QED) is 0.574. The van der Waals surface area contributed by atoms with Crippen LogP contribution in [0.25, 0.3) is 17.5 Å². The molecule has 0 saturated heterocycles. The third-order valence-corrected chi connectivity index (χ3v) is 6.14. The van der Waals surface area contributed by atoms with Crippen LogP contribution in [0.3, 0.4) is 0 Å². The lowest BCUT2D eigenvalue weighted by Crippen LogP contribution is -2.44. The molecule has 1 aliphatic carbocycles. The van der Waals surface area contributed by atoms with Gasteiger partial charge in [-0.25, -0.2) is 0 Å². The molecular weight excluding hydrogens is 388 g/mol. The summed E-state index contributed by atoms with van der Waals surface area (Å²) in [4.78, 5) is 16.4. The second-order valence-electron chi connectivity index (χ2n) is 10.3. The van der Waals surface area contributed by atoms with Crippen molar-refractivity contribution in [1.29, 1.82) is 0 Å². The Bertz CT molecular complexity index is 930. The number of aryl methyl sites for hydroxylation is 1. The van der Waals surface area contributed by atoms with E-state index in [1.54, 1.807) is 7.11 Å². The summed E-state index contributed by atoms with van der Waals surface area (Å²) in [7, 11) is 1.67. The average Bonchev–Trinajstić information content (AvgIpc) is 3.27. The minimum atomic E-state index is -0.182. The molecule has 0 fully saturated rings. The summed E-state index contributed by atoms with van der Waals surface area (Å²) in [5.74, 6) is 0.187. The molecule has 1 aliphatic rings. The summed E-state index contributed by atoms with van der Waals surface area (Å²) in [6.45, 7) is 13.6. The number of nitrogens with zero attached hydrogens (tertiary/aromatic N) is 1. The van der Waals surface area contributed by atoms with Crippen molar-refractivity contribution in [2.45, 2.75) is 66.8 Å². The molecule has 31 heavy (non-hydrogen) atoms. The van der Waals surface area contributed by atoms with Gasteiger partial charge in [-0.3, -0.25) is 9.89 Å². The number of methoxy groups -OCH3 is 1. The number of hydrogen-bond donors (Lipinski definition) is 3. The number of carbonyl (C=O) groups is 1. The van der Waals surface area contributed by atoms with E-state index in [2.05, 4.69) is 74.2 Å². The SMILES string of the molecule is COCC(NC(=O)C1C=Cc2cc(-c3n[nH]c(C)c3CCC(C)(C)C)[nH]c2C1)C(C)C. The Kier molecular flexibility index (Phi) is 7.10. The van der Waals surface area contributed by atoms with Gasteiger partial charge in [-0.1, -0.05) is 46.8 Å². The van der Waals surface area contributed by atoms with Crippen molar-refractivity contribution in [3.05, 3.63) is 34.7 Å². The van der Waals surface area contributed by atoms with E-state index in [0.29, 0.717) is 18.9 Å². The van der Waals surface area contributed by atoms with Gasteiger partial charge < -0.3 is 15.0 Å². The fraction of sp³-hybridized carbons (Fsp3) is 0.600. The maximum absolute atomic E-state index is 12.9. The molecule has 170 valence electrons. The summed E-state index contributed by atoms with van der Waals surface area (Å²) >= 11 is 0. The number of ether oxygens (including phenoxy) is 1. The Morgan fingerprint density at radius 2 is 2.10 bits per heavy atom. The van der Waals surface area contributed by atoms with Gasteiger partial charge >= 0.3 is 0 Å². The monoisotopic (exact) mass is 426 g/mol. The molecular formula is C25H38N4O2. The number of amides is 1. The number of fused-ring (bicyclic) bond motifs is 1. The Morgan fingerprint density at radius 1 is 1.35 bits per heavy atom. The van der Waals surface area contributed by atoms with Gasteiger partial charge in [0.05, 0.1) is 24.3 Å². The molecule has 2 heterocycles. The minimum absolute atomic E-state index is 0.0175. The summed E-state index contributed by atoms with van der Waals surface area (Å²) in [5, 5.41) is 10.9. The van der Waals surface area contributed by atoms with Gasteiger partial charge in [-0.2, -0.15) is 5.10 Å². The summed E-state index contributed by atoms with van der Waals surface area (Å²) in [5.41, 5.74) is 6.90. The maximum Gasteiger partial charge on any atom is 0.227 e. The Balaban J connectivity index is 1.75. The third kappa shape index (κ3) is 5.67. The number of carbonyl (C=O) groups excluding carboxylic acids is 1. The molecule has 1 amide bonds. The maximum atomic E-state index is 12.9. The van der Waals surface area contributed by atoms with Gasteiger partial charge in [-0.05, 0) is 42.7 Å². The molecule has 0 aromatic carbocycles. The molecule has 0 spiro atoms. The molecule has 3 N–H and O–H groups in total. The van der Waals surface area contributed by atoms with Gasteiger partial charge in [0, 0.05) is 30.5 Å². The number of hydrogen-bond acceptors (Lipinski definition) is 3. The highest BCUT2D eigenvalue weighted by Crippen LogP contribution is 2.32. The highest BCUT2D eigenvalue weighted by atomic mass is 16.5. The van der Waals surface area contributed by atoms with E-state index < -0.39 is 0 Å². The van der Waals surface area contributed by atoms with E-state index in [4.69, 9.17) is 4.74 Å². The van der Waals surface area contributed by atoms with Crippen molar-refractivity contribution in [2.75, 3.05) is 13.7 Å². The van der Waals surface area contributed by atoms with Gasteiger partial charge in [0.1, 0.15) is 5.69 Å². The van der Waals surface area contributed by atoms with Crippen LogP contribution in [-0.4, -0.2) is 40.8 Å². The number of aromatic amines is 2. The highest BCUT2D eigenvalue weighted by Gasteiger charge is 2.26. The Labute approximate surface area is 186 Å². The number of H-pyrrole nitrogens is 2. The molecule has 0 bridgehead atoms. The van der Waals surface area contributed by atoms with Crippen molar-refractivity contribution in [2.24, 2.45) is 17.3 Å². The van der Waals surface area contributed by atoms with Gasteiger partial charge in [0.15, 0.2) is 0 Å². The van der Waals surface area contributed by atoms with E-state index >= 15 is 0 Å². The first kappa shape index (κ1) is 23.3. The van der Waals surface area contributed by atoms with Crippen molar-refractivity contribution < 1.29 is 9.53 Å². The Hall–Kier alpha value is -2.34. The molecule has 2 unspecified atom stereocenters. The minimum Gasteiger partial charge on any atom is -0.383 e. The van der Waals surface area contributed by atoms with Crippen LogP contribution in [0, 0.1) is 24.2 Å². The first-order valence-electron chi connectivity index (χ1n) is 11.3.